The van der Waals surface area contributed by atoms with Crippen LogP contribution in [-0.4, -0.2) is 18.6 Å². The summed E-state index contributed by atoms with van der Waals surface area (Å²) in [6.07, 6.45) is 1.76. The van der Waals surface area contributed by atoms with Gasteiger partial charge >= 0.3 is 6.03 Å². The van der Waals surface area contributed by atoms with Crippen molar-refractivity contribution in [2.24, 2.45) is 5.73 Å². The second-order valence-corrected chi connectivity index (χ2v) is 4.44. The van der Waals surface area contributed by atoms with Gasteiger partial charge in [0.25, 0.3) is 0 Å². The Labute approximate surface area is 102 Å². The van der Waals surface area contributed by atoms with Crippen molar-refractivity contribution in [2.75, 3.05) is 6.54 Å². The molecule has 4 N–H and O–H groups in total. The van der Waals surface area contributed by atoms with Crippen molar-refractivity contribution in [1.82, 2.24) is 10.6 Å². The fourth-order valence-electron chi connectivity index (χ4n) is 2.24. The highest BCUT2D eigenvalue weighted by atomic mass is 16.2. The Balaban J connectivity index is 2.04. The average molecular weight is 233 g/mol. The molecule has 4 nitrogen and oxygen atoms in total. The van der Waals surface area contributed by atoms with Crippen LogP contribution in [0.4, 0.5) is 4.79 Å². The summed E-state index contributed by atoms with van der Waals surface area (Å²) in [6, 6.07) is 7.86. The lowest BCUT2D eigenvalue weighted by Gasteiger charge is -2.18. The van der Waals surface area contributed by atoms with Gasteiger partial charge in [-0.3, -0.25) is 0 Å². The molecule has 0 bridgehead atoms. The fourth-order valence-corrected chi connectivity index (χ4v) is 2.24. The monoisotopic (exact) mass is 233 g/mol. The van der Waals surface area contributed by atoms with E-state index >= 15 is 0 Å². The minimum atomic E-state index is -0.135. The number of nitrogens with two attached hydrogens (primary N) is 1. The van der Waals surface area contributed by atoms with Crippen LogP contribution in [-0.2, 0) is 6.42 Å². The number of rotatable bonds is 3. The lowest BCUT2D eigenvalue weighted by molar-refractivity contribution is 0.235. The van der Waals surface area contributed by atoms with Crippen LogP contribution in [0.3, 0.4) is 0 Å². The molecule has 2 atom stereocenters. The van der Waals surface area contributed by atoms with Crippen LogP contribution in [0.1, 0.15) is 30.5 Å². The fraction of sp³-hybridized carbons (Fsp3) is 0.462. The number of benzene rings is 1. The van der Waals surface area contributed by atoms with E-state index in [2.05, 4.69) is 16.7 Å². The van der Waals surface area contributed by atoms with Crippen molar-refractivity contribution in [1.29, 1.82) is 0 Å². The molecule has 92 valence electrons. The zero-order valence-corrected chi connectivity index (χ0v) is 10.1. The molecule has 2 amide bonds. The minimum Gasteiger partial charge on any atom is -0.338 e. The van der Waals surface area contributed by atoms with E-state index in [0.717, 1.165) is 18.4 Å². The highest BCUT2D eigenvalue weighted by Crippen LogP contribution is 2.29. The Morgan fingerprint density at radius 2 is 2.24 bits per heavy atom. The second-order valence-electron chi connectivity index (χ2n) is 4.44. The van der Waals surface area contributed by atoms with E-state index in [-0.39, 0.29) is 18.1 Å². The lowest BCUT2D eigenvalue weighted by Crippen LogP contribution is -2.43. The number of fused-ring (bicyclic) bond motifs is 1. The molecule has 4 heteroatoms. The molecule has 0 aliphatic heterocycles. The maximum absolute atomic E-state index is 11.6. The van der Waals surface area contributed by atoms with Crippen LogP contribution in [0.25, 0.3) is 0 Å². The van der Waals surface area contributed by atoms with Gasteiger partial charge < -0.3 is 16.4 Å². The normalized spacial score (nSPS) is 22.0. The quantitative estimate of drug-likeness (QED) is 0.737. The molecule has 2 rings (SSSR count). The summed E-state index contributed by atoms with van der Waals surface area (Å²) in [6.45, 7) is 2.71. The molecule has 0 saturated carbocycles. The summed E-state index contributed by atoms with van der Waals surface area (Å²) < 4.78 is 0. The molecule has 0 radical (unpaired) electrons. The average Bonchev–Trinajstić information content (AvgIpc) is 2.64. The maximum atomic E-state index is 11.6. The molecule has 0 saturated heterocycles. The molecule has 1 aromatic rings. The molecule has 1 aliphatic rings. The van der Waals surface area contributed by atoms with E-state index in [1.165, 1.54) is 5.56 Å². The first-order valence-corrected chi connectivity index (χ1v) is 6.10. The first-order valence-electron chi connectivity index (χ1n) is 6.10. The van der Waals surface area contributed by atoms with Crippen LogP contribution in [0.15, 0.2) is 24.3 Å². The summed E-state index contributed by atoms with van der Waals surface area (Å²) >= 11 is 0. The van der Waals surface area contributed by atoms with Crippen LogP contribution >= 0.6 is 0 Å². The van der Waals surface area contributed by atoms with Crippen LogP contribution < -0.4 is 16.4 Å². The van der Waals surface area contributed by atoms with Gasteiger partial charge in [-0.15, -0.1) is 0 Å². The lowest BCUT2D eigenvalue weighted by atomic mass is 10.1. The number of hydrogen-bond donors (Lipinski definition) is 3. The van der Waals surface area contributed by atoms with Crippen LogP contribution in [0.2, 0.25) is 0 Å². The predicted molar refractivity (Wildman–Crippen MR) is 67.7 cm³/mol. The van der Waals surface area contributed by atoms with Gasteiger partial charge in [0.05, 0.1) is 6.04 Å². The Hall–Kier alpha value is -1.55. The molecule has 0 fully saturated rings. The number of nitrogens with one attached hydrogen (secondary N) is 2. The number of hydrogen-bond acceptors (Lipinski definition) is 2. The maximum Gasteiger partial charge on any atom is 0.315 e. The van der Waals surface area contributed by atoms with E-state index in [0.29, 0.717) is 6.54 Å². The predicted octanol–water partition coefficient (Wildman–Crippen LogP) is 1.32. The largest absolute Gasteiger partial charge is 0.338 e. The van der Waals surface area contributed by atoms with Gasteiger partial charge in [0, 0.05) is 12.6 Å². The Morgan fingerprint density at radius 3 is 3.00 bits per heavy atom. The van der Waals surface area contributed by atoms with Crippen molar-refractivity contribution < 1.29 is 4.79 Å². The van der Waals surface area contributed by atoms with E-state index in [4.69, 9.17) is 5.73 Å². The summed E-state index contributed by atoms with van der Waals surface area (Å²) in [7, 11) is 0. The summed E-state index contributed by atoms with van der Waals surface area (Å²) in [5.41, 5.74) is 8.45. The van der Waals surface area contributed by atoms with E-state index < -0.39 is 0 Å². The molecule has 0 aromatic heterocycles. The smallest absolute Gasteiger partial charge is 0.315 e. The molecule has 0 spiro atoms. The number of carbonyl (C=O) groups is 1. The Bertz CT molecular complexity index is 405. The first-order chi connectivity index (χ1) is 8.22. The standard InChI is InChI=1S/C13H19N3O/c1-2-7-15-13(17)16-12-10-6-4-3-5-9(10)8-11(12)14/h3-6,11-12H,2,7-8,14H2,1H3,(H2,15,16,17). The Morgan fingerprint density at radius 1 is 1.47 bits per heavy atom. The van der Waals surface area contributed by atoms with E-state index in [1.54, 1.807) is 0 Å². The van der Waals surface area contributed by atoms with Gasteiger partial charge in [-0.2, -0.15) is 0 Å². The molecular weight excluding hydrogens is 214 g/mol. The van der Waals surface area contributed by atoms with Gasteiger partial charge in [0.1, 0.15) is 0 Å². The SMILES string of the molecule is CCCNC(=O)NC1c2ccccc2CC1N. The zero-order valence-electron chi connectivity index (χ0n) is 10.1. The van der Waals surface area contributed by atoms with Crippen molar-refractivity contribution in [3.63, 3.8) is 0 Å². The third kappa shape index (κ3) is 2.58. The third-order valence-electron chi connectivity index (χ3n) is 3.10. The van der Waals surface area contributed by atoms with E-state index in [9.17, 15) is 4.79 Å². The highest BCUT2D eigenvalue weighted by Gasteiger charge is 2.30. The van der Waals surface area contributed by atoms with Crippen molar-refractivity contribution in [2.45, 2.75) is 31.8 Å². The summed E-state index contributed by atoms with van der Waals surface area (Å²) in [5.74, 6) is 0. The van der Waals surface area contributed by atoms with Gasteiger partial charge in [0.2, 0.25) is 0 Å². The van der Waals surface area contributed by atoms with Crippen LogP contribution in [0, 0.1) is 0 Å². The third-order valence-corrected chi connectivity index (χ3v) is 3.10. The minimum absolute atomic E-state index is 0.0280. The van der Waals surface area contributed by atoms with Gasteiger partial charge in [-0.25, -0.2) is 4.79 Å². The number of carbonyl (C=O) groups excluding carboxylic acids is 1. The van der Waals surface area contributed by atoms with Crippen molar-refractivity contribution in [3.8, 4) is 0 Å². The number of urea groups is 1. The molecule has 17 heavy (non-hydrogen) atoms. The van der Waals surface area contributed by atoms with Crippen molar-refractivity contribution >= 4 is 6.03 Å². The first kappa shape index (κ1) is 11.9. The summed E-state index contributed by atoms with van der Waals surface area (Å²) in [5, 5.41) is 5.75. The summed E-state index contributed by atoms with van der Waals surface area (Å²) in [4.78, 5) is 11.6. The zero-order chi connectivity index (χ0) is 12.3. The Kier molecular flexibility index (Phi) is 3.64. The molecule has 2 unspecified atom stereocenters. The second kappa shape index (κ2) is 5.19. The highest BCUT2D eigenvalue weighted by molar-refractivity contribution is 5.74. The topological polar surface area (TPSA) is 67.2 Å². The molecule has 1 aromatic carbocycles. The van der Waals surface area contributed by atoms with Gasteiger partial charge in [-0.05, 0) is 24.0 Å². The van der Waals surface area contributed by atoms with E-state index in [1.807, 2.05) is 25.1 Å². The molecule has 1 aliphatic carbocycles. The van der Waals surface area contributed by atoms with Gasteiger partial charge in [0.15, 0.2) is 0 Å². The van der Waals surface area contributed by atoms with Crippen LogP contribution in [0.5, 0.6) is 0 Å². The number of amides is 2. The molecule has 0 heterocycles. The molecular formula is C13H19N3O. The van der Waals surface area contributed by atoms with Gasteiger partial charge in [-0.1, -0.05) is 31.2 Å². The van der Waals surface area contributed by atoms with Crippen molar-refractivity contribution in [3.05, 3.63) is 35.4 Å².